The van der Waals surface area contributed by atoms with E-state index in [1.807, 2.05) is 6.92 Å². The van der Waals surface area contributed by atoms with Crippen LogP contribution in [0, 0.1) is 5.92 Å². The Hall–Kier alpha value is -0.650. The van der Waals surface area contributed by atoms with E-state index in [-0.39, 0.29) is 11.9 Å². The average molecular weight is 283 g/mol. The smallest absolute Gasteiger partial charge is 0.234 e. The molecule has 3 atom stereocenters. The van der Waals surface area contributed by atoms with Crippen molar-refractivity contribution in [1.82, 2.24) is 15.5 Å². The Bertz CT molecular complexity index is 305. The fourth-order valence-corrected chi connectivity index (χ4v) is 3.59. The summed E-state index contributed by atoms with van der Waals surface area (Å²) < 4.78 is 5.05. The predicted octanol–water partition coefficient (Wildman–Crippen LogP) is 0.602. The van der Waals surface area contributed by atoms with Crippen molar-refractivity contribution in [2.24, 2.45) is 5.92 Å². The Morgan fingerprint density at radius 2 is 2.30 bits per heavy atom. The number of nitrogens with one attached hydrogen (secondary N) is 2. The maximum Gasteiger partial charge on any atom is 0.234 e. The molecular formula is C15H29N3O2. The molecule has 2 fully saturated rings. The summed E-state index contributed by atoms with van der Waals surface area (Å²) in [6.07, 6.45) is 5.04. The summed E-state index contributed by atoms with van der Waals surface area (Å²) in [7, 11) is 1.66. The fraction of sp³-hybridized carbons (Fsp3) is 0.933. The molecule has 2 rings (SSSR count). The Morgan fingerprint density at radius 1 is 1.45 bits per heavy atom. The van der Waals surface area contributed by atoms with Crippen LogP contribution in [-0.2, 0) is 9.53 Å². The topological polar surface area (TPSA) is 53.6 Å². The zero-order valence-corrected chi connectivity index (χ0v) is 12.9. The molecule has 2 saturated heterocycles. The number of piperidine rings is 1. The zero-order valence-electron chi connectivity index (χ0n) is 12.9. The molecule has 116 valence electrons. The van der Waals surface area contributed by atoms with Gasteiger partial charge in [0.25, 0.3) is 0 Å². The number of hydrogen-bond acceptors (Lipinski definition) is 4. The van der Waals surface area contributed by atoms with E-state index in [2.05, 4.69) is 15.5 Å². The van der Waals surface area contributed by atoms with Crippen LogP contribution < -0.4 is 10.6 Å². The van der Waals surface area contributed by atoms with Crippen LogP contribution >= 0.6 is 0 Å². The van der Waals surface area contributed by atoms with Crippen LogP contribution in [0.25, 0.3) is 0 Å². The first-order valence-electron chi connectivity index (χ1n) is 7.93. The minimum absolute atomic E-state index is 0.0879. The summed E-state index contributed by atoms with van der Waals surface area (Å²) in [6, 6.07) is 0.677. The molecule has 0 saturated carbocycles. The van der Waals surface area contributed by atoms with Gasteiger partial charge in [0.2, 0.25) is 5.91 Å². The SMILES string of the molecule is COCC(C)NC(=O)CN1CCCC1C1CCCNC1. The van der Waals surface area contributed by atoms with Gasteiger partial charge in [-0.25, -0.2) is 0 Å². The van der Waals surface area contributed by atoms with E-state index in [9.17, 15) is 4.79 Å². The lowest BCUT2D eigenvalue weighted by Gasteiger charge is -2.34. The number of rotatable bonds is 6. The van der Waals surface area contributed by atoms with Crippen molar-refractivity contribution >= 4 is 5.91 Å². The van der Waals surface area contributed by atoms with Crippen molar-refractivity contribution in [2.45, 2.75) is 44.7 Å². The Kier molecular flexibility index (Phi) is 6.26. The van der Waals surface area contributed by atoms with Crippen LogP contribution in [-0.4, -0.2) is 62.8 Å². The lowest BCUT2D eigenvalue weighted by atomic mass is 9.90. The third-order valence-electron chi connectivity index (χ3n) is 4.46. The summed E-state index contributed by atoms with van der Waals surface area (Å²) >= 11 is 0. The van der Waals surface area contributed by atoms with Crippen LogP contribution in [0.15, 0.2) is 0 Å². The molecule has 5 nitrogen and oxygen atoms in total. The summed E-state index contributed by atoms with van der Waals surface area (Å²) in [5, 5.41) is 6.50. The van der Waals surface area contributed by atoms with Gasteiger partial charge in [-0.05, 0) is 58.2 Å². The second-order valence-corrected chi connectivity index (χ2v) is 6.21. The Labute approximate surface area is 122 Å². The number of likely N-dealkylation sites (tertiary alicyclic amines) is 1. The summed E-state index contributed by atoms with van der Waals surface area (Å²) in [4.78, 5) is 14.5. The molecule has 2 aliphatic rings. The van der Waals surface area contributed by atoms with Gasteiger partial charge in [-0.2, -0.15) is 0 Å². The minimum Gasteiger partial charge on any atom is -0.383 e. The van der Waals surface area contributed by atoms with Gasteiger partial charge in [0.05, 0.1) is 13.2 Å². The number of carbonyl (C=O) groups is 1. The van der Waals surface area contributed by atoms with E-state index >= 15 is 0 Å². The van der Waals surface area contributed by atoms with Crippen molar-refractivity contribution in [3.05, 3.63) is 0 Å². The Morgan fingerprint density at radius 3 is 3.00 bits per heavy atom. The highest BCUT2D eigenvalue weighted by molar-refractivity contribution is 5.78. The molecular weight excluding hydrogens is 254 g/mol. The maximum absolute atomic E-state index is 12.1. The molecule has 1 amide bonds. The molecule has 5 heteroatoms. The first-order chi connectivity index (χ1) is 9.70. The molecule has 0 aromatic carbocycles. The predicted molar refractivity (Wildman–Crippen MR) is 79.7 cm³/mol. The van der Waals surface area contributed by atoms with Crippen molar-refractivity contribution < 1.29 is 9.53 Å². The van der Waals surface area contributed by atoms with Crippen LogP contribution in [0.1, 0.15) is 32.6 Å². The highest BCUT2D eigenvalue weighted by atomic mass is 16.5. The second kappa shape index (κ2) is 7.96. The van der Waals surface area contributed by atoms with Gasteiger partial charge in [-0.1, -0.05) is 0 Å². The number of methoxy groups -OCH3 is 1. The van der Waals surface area contributed by atoms with E-state index in [4.69, 9.17) is 4.74 Å². The molecule has 20 heavy (non-hydrogen) atoms. The van der Waals surface area contributed by atoms with E-state index in [1.54, 1.807) is 7.11 Å². The molecule has 0 aromatic rings. The van der Waals surface area contributed by atoms with Gasteiger partial charge >= 0.3 is 0 Å². The lowest BCUT2D eigenvalue weighted by Crippen LogP contribution is -2.48. The lowest BCUT2D eigenvalue weighted by molar-refractivity contribution is -0.123. The third-order valence-corrected chi connectivity index (χ3v) is 4.46. The van der Waals surface area contributed by atoms with Crippen molar-refractivity contribution in [3.8, 4) is 0 Å². The van der Waals surface area contributed by atoms with Gasteiger partial charge in [0.1, 0.15) is 0 Å². The number of nitrogens with zero attached hydrogens (tertiary/aromatic N) is 1. The van der Waals surface area contributed by atoms with Gasteiger partial charge in [-0.15, -0.1) is 0 Å². The highest BCUT2D eigenvalue weighted by Gasteiger charge is 2.33. The van der Waals surface area contributed by atoms with Crippen molar-refractivity contribution in [1.29, 1.82) is 0 Å². The van der Waals surface area contributed by atoms with E-state index < -0.39 is 0 Å². The quantitative estimate of drug-likeness (QED) is 0.749. The normalized spacial score (nSPS) is 29.3. The first kappa shape index (κ1) is 15.7. The standard InChI is InChI=1S/C15H29N3O2/c1-12(11-20-2)17-15(19)10-18-8-4-6-14(18)13-5-3-7-16-9-13/h12-14,16H,3-11H2,1-2H3,(H,17,19). The molecule has 0 aliphatic carbocycles. The third kappa shape index (κ3) is 4.43. The fourth-order valence-electron chi connectivity index (χ4n) is 3.59. The molecule has 3 unspecified atom stereocenters. The van der Waals surface area contributed by atoms with Gasteiger partial charge in [0.15, 0.2) is 0 Å². The van der Waals surface area contributed by atoms with Crippen LogP contribution in [0.4, 0.5) is 0 Å². The molecule has 0 spiro atoms. The average Bonchev–Trinajstić information content (AvgIpc) is 2.87. The highest BCUT2D eigenvalue weighted by Crippen LogP contribution is 2.27. The summed E-state index contributed by atoms with van der Waals surface area (Å²) in [5.41, 5.74) is 0. The number of carbonyl (C=O) groups excluding carboxylic acids is 1. The van der Waals surface area contributed by atoms with Crippen LogP contribution in [0.5, 0.6) is 0 Å². The van der Waals surface area contributed by atoms with Crippen molar-refractivity contribution in [3.63, 3.8) is 0 Å². The summed E-state index contributed by atoms with van der Waals surface area (Å²) in [6.45, 7) is 6.42. The molecule has 0 aromatic heterocycles. The zero-order chi connectivity index (χ0) is 14.4. The van der Waals surface area contributed by atoms with Gasteiger partial charge in [-0.3, -0.25) is 9.69 Å². The van der Waals surface area contributed by atoms with E-state index in [0.29, 0.717) is 19.2 Å². The second-order valence-electron chi connectivity index (χ2n) is 6.21. The largest absolute Gasteiger partial charge is 0.383 e. The van der Waals surface area contributed by atoms with E-state index in [0.717, 1.165) is 25.6 Å². The molecule has 2 N–H and O–H groups in total. The van der Waals surface area contributed by atoms with Crippen LogP contribution in [0.3, 0.4) is 0 Å². The molecule has 2 aliphatic heterocycles. The van der Waals surface area contributed by atoms with Gasteiger partial charge in [0, 0.05) is 19.2 Å². The van der Waals surface area contributed by atoms with E-state index in [1.165, 1.54) is 25.7 Å². The minimum atomic E-state index is 0.0879. The monoisotopic (exact) mass is 283 g/mol. The first-order valence-corrected chi connectivity index (χ1v) is 7.93. The van der Waals surface area contributed by atoms with Crippen LogP contribution in [0.2, 0.25) is 0 Å². The molecule has 0 bridgehead atoms. The number of amides is 1. The molecule has 0 radical (unpaired) electrons. The maximum atomic E-state index is 12.1. The molecule has 2 heterocycles. The summed E-state index contributed by atoms with van der Waals surface area (Å²) in [5.74, 6) is 0.848. The number of ether oxygens (including phenoxy) is 1. The Balaban J connectivity index is 1.79. The number of hydrogen-bond donors (Lipinski definition) is 2. The van der Waals surface area contributed by atoms with Crippen molar-refractivity contribution in [2.75, 3.05) is 39.9 Å². The van der Waals surface area contributed by atoms with Gasteiger partial charge < -0.3 is 15.4 Å².